The Morgan fingerprint density at radius 3 is 2.48 bits per heavy atom. The Kier molecular flexibility index (Phi) is 5.95. The second-order valence-corrected chi connectivity index (χ2v) is 7.31. The van der Waals surface area contributed by atoms with E-state index >= 15 is 0 Å². The lowest BCUT2D eigenvalue weighted by atomic mass is 10.1. The SMILES string of the molecule is Cc1cccc(NC(=O)c2ccccc2SCc2ccc(C#N)cc2)c1C. The summed E-state index contributed by atoms with van der Waals surface area (Å²) in [6.07, 6.45) is 0. The molecule has 0 bridgehead atoms. The summed E-state index contributed by atoms with van der Waals surface area (Å²) in [4.78, 5) is 13.8. The number of carbonyl (C=O) groups is 1. The molecule has 4 heteroatoms. The maximum atomic E-state index is 12.8. The average molecular weight is 372 g/mol. The Morgan fingerprint density at radius 1 is 1.00 bits per heavy atom. The number of nitriles is 1. The van der Waals surface area contributed by atoms with E-state index in [0.717, 1.165) is 33.0 Å². The van der Waals surface area contributed by atoms with Crippen LogP contribution in [0.2, 0.25) is 0 Å². The summed E-state index contributed by atoms with van der Waals surface area (Å²) in [6.45, 7) is 4.04. The molecule has 3 aromatic carbocycles. The minimum atomic E-state index is -0.105. The van der Waals surface area contributed by atoms with E-state index < -0.39 is 0 Å². The topological polar surface area (TPSA) is 52.9 Å². The van der Waals surface area contributed by atoms with E-state index in [0.29, 0.717) is 11.1 Å². The molecule has 27 heavy (non-hydrogen) atoms. The van der Waals surface area contributed by atoms with Crippen LogP contribution in [0.15, 0.2) is 71.6 Å². The minimum Gasteiger partial charge on any atom is -0.322 e. The van der Waals surface area contributed by atoms with Crippen LogP contribution in [0.4, 0.5) is 5.69 Å². The number of nitrogens with zero attached hydrogens (tertiary/aromatic N) is 1. The van der Waals surface area contributed by atoms with Crippen molar-refractivity contribution >= 4 is 23.4 Å². The molecule has 0 aliphatic heterocycles. The Balaban J connectivity index is 1.75. The fraction of sp³-hybridized carbons (Fsp3) is 0.130. The van der Waals surface area contributed by atoms with Crippen molar-refractivity contribution in [2.24, 2.45) is 0 Å². The molecule has 3 rings (SSSR count). The van der Waals surface area contributed by atoms with Crippen molar-refractivity contribution in [3.63, 3.8) is 0 Å². The maximum absolute atomic E-state index is 12.8. The van der Waals surface area contributed by atoms with Gasteiger partial charge in [0.2, 0.25) is 0 Å². The molecule has 134 valence electrons. The molecular weight excluding hydrogens is 352 g/mol. The van der Waals surface area contributed by atoms with Gasteiger partial charge in [-0.05, 0) is 60.9 Å². The number of amides is 1. The number of thioether (sulfide) groups is 1. The molecule has 1 amide bonds. The van der Waals surface area contributed by atoms with Crippen LogP contribution in [0.5, 0.6) is 0 Å². The van der Waals surface area contributed by atoms with Crippen molar-refractivity contribution in [2.75, 3.05) is 5.32 Å². The molecule has 0 radical (unpaired) electrons. The van der Waals surface area contributed by atoms with E-state index in [1.807, 2.05) is 80.6 Å². The molecular formula is C23H20N2OS. The fourth-order valence-electron chi connectivity index (χ4n) is 2.69. The number of hydrogen-bond donors (Lipinski definition) is 1. The molecule has 0 atom stereocenters. The minimum absolute atomic E-state index is 0.105. The Morgan fingerprint density at radius 2 is 1.74 bits per heavy atom. The van der Waals surface area contributed by atoms with Gasteiger partial charge in [-0.3, -0.25) is 4.79 Å². The van der Waals surface area contributed by atoms with Crippen LogP contribution in [0, 0.1) is 25.2 Å². The molecule has 0 aromatic heterocycles. The maximum Gasteiger partial charge on any atom is 0.256 e. The normalized spacial score (nSPS) is 10.3. The Bertz CT molecular complexity index is 1000. The van der Waals surface area contributed by atoms with Gasteiger partial charge < -0.3 is 5.32 Å². The second-order valence-electron chi connectivity index (χ2n) is 6.30. The summed E-state index contributed by atoms with van der Waals surface area (Å²) in [5, 5.41) is 11.9. The van der Waals surface area contributed by atoms with Crippen molar-refractivity contribution in [3.8, 4) is 6.07 Å². The molecule has 1 N–H and O–H groups in total. The summed E-state index contributed by atoms with van der Waals surface area (Å²) in [7, 11) is 0. The zero-order chi connectivity index (χ0) is 19.2. The zero-order valence-electron chi connectivity index (χ0n) is 15.3. The highest BCUT2D eigenvalue weighted by atomic mass is 32.2. The number of anilines is 1. The second kappa shape index (κ2) is 8.57. The number of aryl methyl sites for hydroxylation is 1. The highest BCUT2D eigenvalue weighted by molar-refractivity contribution is 7.98. The highest BCUT2D eigenvalue weighted by Gasteiger charge is 2.13. The van der Waals surface area contributed by atoms with Gasteiger partial charge in [0, 0.05) is 16.3 Å². The van der Waals surface area contributed by atoms with Gasteiger partial charge in [0.1, 0.15) is 0 Å². The van der Waals surface area contributed by atoms with Crippen molar-refractivity contribution in [1.82, 2.24) is 0 Å². The van der Waals surface area contributed by atoms with Gasteiger partial charge in [-0.2, -0.15) is 5.26 Å². The summed E-state index contributed by atoms with van der Waals surface area (Å²) in [6, 6.07) is 23.2. The van der Waals surface area contributed by atoms with Gasteiger partial charge in [0.15, 0.2) is 0 Å². The number of hydrogen-bond acceptors (Lipinski definition) is 3. The Labute approximate surface area is 164 Å². The van der Waals surface area contributed by atoms with Crippen LogP contribution in [-0.2, 0) is 5.75 Å². The molecule has 0 saturated carbocycles. The third-order valence-corrected chi connectivity index (χ3v) is 5.61. The molecule has 3 nitrogen and oxygen atoms in total. The lowest BCUT2D eigenvalue weighted by Gasteiger charge is -2.13. The quantitative estimate of drug-likeness (QED) is 0.583. The molecule has 0 aliphatic carbocycles. The van der Waals surface area contributed by atoms with Crippen LogP contribution in [-0.4, -0.2) is 5.91 Å². The number of benzene rings is 3. The molecule has 3 aromatic rings. The van der Waals surface area contributed by atoms with Gasteiger partial charge in [-0.15, -0.1) is 11.8 Å². The summed E-state index contributed by atoms with van der Waals surface area (Å²) < 4.78 is 0. The van der Waals surface area contributed by atoms with E-state index in [1.165, 1.54) is 0 Å². The predicted molar refractivity (Wildman–Crippen MR) is 111 cm³/mol. The van der Waals surface area contributed by atoms with Gasteiger partial charge in [0.05, 0.1) is 17.2 Å². The van der Waals surface area contributed by atoms with Crippen molar-refractivity contribution in [3.05, 3.63) is 94.5 Å². The largest absolute Gasteiger partial charge is 0.322 e. The fourth-order valence-corrected chi connectivity index (χ4v) is 3.70. The van der Waals surface area contributed by atoms with E-state index in [4.69, 9.17) is 5.26 Å². The summed E-state index contributed by atoms with van der Waals surface area (Å²) in [5.74, 6) is 0.631. The first kappa shape index (κ1) is 18.8. The van der Waals surface area contributed by atoms with Gasteiger partial charge in [-0.25, -0.2) is 0 Å². The molecule has 0 spiro atoms. The van der Waals surface area contributed by atoms with E-state index in [1.54, 1.807) is 11.8 Å². The van der Waals surface area contributed by atoms with E-state index in [9.17, 15) is 4.79 Å². The number of nitrogens with one attached hydrogen (secondary N) is 1. The van der Waals surface area contributed by atoms with Gasteiger partial charge in [-0.1, -0.05) is 36.4 Å². The molecule has 0 heterocycles. The molecule has 0 saturated heterocycles. The molecule has 0 aliphatic rings. The standard InChI is InChI=1S/C23H20N2OS/c1-16-6-5-8-21(17(16)2)25-23(26)20-7-3-4-9-22(20)27-15-19-12-10-18(14-24)11-13-19/h3-13H,15H2,1-2H3,(H,25,26). The lowest BCUT2D eigenvalue weighted by molar-refractivity contribution is 0.102. The number of rotatable bonds is 5. The number of carbonyl (C=O) groups excluding carboxylic acids is 1. The third-order valence-electron chi connectivity index (χ3n) is 4.46. The first-order chi connectivity index (χ1) is 13.1. The monoisotopic (exact) mass is 372 g/mol. The van der Waals surface area contributed by atoms with E-state index in [2.05, 4.69) is 11.4 Å². The third kappa shape index (κ3) is 4.58. The van der Waals surface area contributed by atoms with Crippen LogP contribution in [0.25, 0.3) is 0 Å². The highest BCUT2D eigenvalue weighted by Crippen LogP contribution is 2.28. The van der Waals surface area contributed by atoms with Crippen molar-refractivity contribution < 1.29 is 4.79 Å². The van der Waals surface area contributed by atoms with Gasteiger partial charge >= 0.3 is 0 Å². The summed E-state index contributed by atoms with van der Waals surface area (Å²) in [5.41, 5.74) is 5.49. The van der Waals surface area contributed by atoms with Crippen LogP contribution < -0.4 is 5.32 Å². The first-order valence-electron chi connectivity index (χ1n) is 8.67. The van der Waals surface area contributed by atoms with Crippen LogP contribution >= 0.6 is 11.8 Å². The smallest absolute Gasteiger partial charge is 0.256 e. The summed E-state index contributed by atoms with van der Waals surface area (Å²) >= 11 is 1.62. The molecule has 0 fully saturated rings. The van der Waals surface area contributed by atoms with Crippen molar-refractivity contribution in [1.29, 1.82) is 5.26 Å². The predicted octanol–water partition coefficient (Wildman–Crippen LogP) is 5.72. The zero-order valence-corrected chi connectivity index (χ0v) is 16.1. The average Bonchev–Trinajstić information content (AvgIpc) is 2.70. The van der Waals surface area contributed by atoms with E-state index in [-0.39, 0.29) is 5.91 Å². The van der Waals surface area contributed by atoms with Crippen LogP contribution in [0.3, 0.4) is 0 Å². The van der Waals surface area contributed by atoms with Crippen LogP contribution in [0.1, 0.15) is 32.6 Å². The molecule has 0 unspecified atom stereocenters. The Hall–Kier alpha value is -3.03. The van der Waals surface area contributed by atoms with Crippen molar-refractivity contribution in [2.45, 2.75) is 24.5 Å². The lowest BCUT2D eigenvalue weighted by Crippen LogP contribution is -2.14. The van der Waals surface area contributed by atoms with Gasteiger partial charge in [0.25, 0.3) is 5.91 Å². The first-order valence-corrected chi connectivity index (χ1v) is 9.65.